The fraction of sp³-hybridized carbons (Fsp3) is 0.0909. The van der Waals surface area contributed by atoms with Crippen LogP contribution in [-0.2, 0) is 11.2 Å². The first-order valence-electron chi connectivity index (χ1n) is 4.92. The van der Waals surface area contributed by atoms with E-state index in [4.69, 9.17) is 10.8 Å². The normalized spacial score (nSPS) is 10.4. The Kier molecular flexibility index (Phi) is 2.70. The fourth-order valence-electron chi connectivity index (χ4n) is 1.52. The first kappa shape index (κ1) is 11.0. The fourth-order valence-corrected chi connectivity index (χ4v) is 1.52. The lowest BCUT2D eigenvalue weighted by atomic mass is 10.3. The number of carbonyl (C=O) groups is 1. The molecule has 0 amide bonds. The van der Waals surface area contributed by atoms with E-state index in [0.717, 1.165) is 0 Å². The van der Waals surface area contributed by atoms with Gasteiger partial charge in [-0.2, -0.15) is 5.10 Å². The maximum atomic E-state index is 10.6. The molecule has 1 aromatic heterocycles. The number of hydrogen-bond acceptors (Lipinski definition) is 4. The van der Waals surface area contributed by atoms with E-state index in [1.54, 1.807) is 18.2 Å². The molecule has 2 rings (SSSR count). The minimum absolute atomic E-state index is 0.0316. The number of phenols is 1. The van der Waals surface area contributed by atoms with Crippen LogP contribution in [0.1, 0.15) is 5.69 Å². The van der Waals surface area contributed by atoms with Crippen molar-refractivity contribution in [3.8, 4) is 11.4 Å². The molecule has 0 bridgehead atoms. The molecular formula is C11H11N3O3. The summed E-state index contributed by atoms with van der Waals surface area (Å²) in [7, 11) is 0. The van der Waals surface area contributed by atoms with Crippen LogP contribution in [0.15, 0.2) is 30.3 Å². The van der Waals surface area contributed by atoms with Gasteiger partial charge in [-0.25, -0.2) is 4.68 Å². The van der Waals surface area contributed by atoms with E-state index in [1.165, 1.54) is 16.8 Å². The molecule has 1 heterocycles. The van der Waals surface area contributed by atoms with Gasteiger partial charge >= 0.3 is 5.97 Å². The molecule has 0 aliphatic rings. The Morgan fingerprint density at radius 2 is 2.12 bits per heavy atom. The monoisotopic (exact) mass is 233 g/mol. The van der Waals surface area contributed by atoms with Gasteiger partial charge in [-0.05, 0) is 12.1 Å². The van der Waals surface area contributed by atoms with Crippen molar-refractivity contribution in [1.82, 2.24) is 9.78 Å². The van der Waals surface area contributed by atoms with Crippen molar-refractivity contribution in [1.29, 1.82) is 0 Å². The van der Waals surface area contributed by atoms with Crippen LogP contribution in [0.25, 0.3) is 5.69 Å². The molecule has 0 aliphatic heterocycles. The smallest absolute Gasteiger partial charge is 0.309 e. The zero-order chi connectivity index (χ0) is 12.4. The highest BCUT2D eigenvalue weighted by Gasteiger charge is 2.11. The van der Waals surface area contributed by atoms with Crippen molar-refractivity contribution >= 4 is 11.8 Å². The standard InChI is InChI=1S/C11H11N3O3/c12-10-5-7(6-11(16)17)13-14(10)8-3-1-2-4-9(8)15/h1-5,15H,6,12H2,(H,16,17). The molecule has 6 heteroatoms. The summed E-state index contributed by atoms with van der Waals surface area (Å²) in [5, 5.41) is 22.3. The van der Waals surface area contributed by atoms with Crippen LogP contribution in [0, 0.1) is 0 Å². The van der Waals surface area contributed by atoms with Gasteiger partial charge in [0, 0.05) is 6.07 Å². The zero-order valence-corrected chi connectivity index (χ0v) is 8.87. The first-order valence-corrected chi connectivity index (χ1v) is 4.92. The van der Waals surface area contributed by atoms with Gasteiger partial charge in [-0.1, -0.05) is 12.1 Å². The topological polar surface area (TPSA) is 101 Å². The van der Waals surface area contributed by atoms with Crippen molar-refractivity contribution in [3.05, 3.63) is 36.0 Å². The molecule has 0 spiro atoms. The number of aliphatic carboxylic acids is 1. The van der Waals surface area contributed by atoms with Gasteiger partial charge in [0.15, 0.2) is 0 Å². The maximum absolute atomic E-state index is 10.6. The number of phenolic OH excluding ortho intramolecular Hbond substituents is 1. The largest absolute Gasteiger partial charge is 0.506 e. The summed E-state index contributed by atoms with van der Waals surface area (Å²) in [6.45, 7) is 0. The number of para-hydroxylation sites is 2. The van der Waals surface area contributed by atoms with E-state index in [1.807, 2.05) is 0 Å². The van der Waals surface area contributed by atoms with Crippen molar-refractivity contribution in [2.24, 2.45) is 0 Å². The maximum Gasteiger partial charge on any atom is 0.309 e. The molecule has 1 aromatic carbocycles. The molecule has 2 aromatic rings. The second-order valence-electron chi connectivity index (χ2n) is 3.53. The van der Waals surface area contributed by atoms with Gasteiger partial charge in [-0.15, -0.1) is 0 Å². The third-order valence-corrected chi connectivity index (χ3v) is 2.23. The summed E-state index contributed by atoms with van der Waals surface area (Å²) in [4.78, 5) is 10.6. The van der Waals surface area contributed by atoms with E-state index < -0.39 is 5.97 Å². The van der Waals surface area contributed by atoms with Crippen LogP contribution in [0.4, 0.5) is 5.82 Å². The van der Waals surface area contributed by atoms with E-state index in [-0.39, 0.29) is 18.0 Å². The van der Waals surface area contributed by atoms with Gasteiger partial charge in [0.2, 0.25) is 0 Å². The van der Waals surface area contributed by atoms with E-state index in [0.29, 0.717) is 11.4 Å². The minimum atomic E-state index is -0.980. The molecule has 17 heavy (non-hydrogen) atoms. The Hall–Kier alpha value is -2.50. The summed E-state index contributed by atoms with van der Waals surface area (Å²) in [6.07, 6.45) is -0.204. The van der Waals surface area contributed by atoms with Crippen molar-refractivity contribution in [2.75, 3.05) is 5.73 Å². The van der Waals surface area contributed by atoms with Crippen LogP contribution in [0.3, 0.4) is 0 Å². The number of benzene rings is 1. The second-order valence-corrected chi connectivity index (χ2v) is 3.53. The van der Waals surface area contributed by atoms with Crippen molar-refractivity contribution in [3.63, 3.8) is 0 Å². The molecular weight excluding hydrogens is 222 g/mol. The van der Waals surface area contributed by atoms with Crippen LogP contribution >= 0.6 is 0 Å². The molecule has 0 unspecified atom stereocenters. The number of aromatic nitrogens is 2. The van der Waals surface area contributed by atoms with Crippen LogP contribution in [0.5, 0.6) is 5.75 Å². The Morgan fingerprint density at radius 1 is 1.41 bits per heavy atom. The minimum Gasteiger partial charge on any atom is -0.506 e. The van der Waals surface area contributed by atoms with E-state index in [9.17, 15) is 9.90 Å². The lowest BCUT2D eigenvalue weighted by Gasteiger charge is -2.05. The van der Waals surface area contributed by atoms with Crippen molar-refractivity contribution < 1.29 is 15.0 Å². The number of carboxylic acid groups (broad SMARTS) is 1. The summed E-state index contributed by atoms with van der Waals surface area (Å²) < 4.78 is 1.31. The summed E-state index contributed by atoms with van der Waals surface area (Å²) in [5.41, 5.74) is 6.48. The third-order valence-electron chi connectivity index (χ3n) is 2.23. The average Bonchev–Trinajstić information content (AvgIpc) is 2.59. The van der Waals surface area contributed by atoms with E-state index >= 15 is 0 Å². The number of hydrogen-bond donors (Lipinski definition) is 3. The Balaban J connectivity index is 2.43. The van der Waals surface area contributed by atoms with Gasteiger partial charge < -0.3 is 15.9 Å². The highest BCUT2D eigenvalue weighted by molar-refractivity contribution is 5.70. The molecule has 6 nitrogen and oxygen atoms in total. The average molecular weight is 233 g/mol. The Labute approximate surface area is 96.9 Å². The molecule has 0 atom stereocenters. The van der Waals surface area contributed by atoms with Crippen LogP contribution < -0.4 is 5.73 Å². The predicted octanol–water partition coefficient (Wildman–Crippen LogP) is 0.787. The number of aromatic hydroxyl groups is 1. The molecule has 4 N–H and O–H groups in total. The lowest BCUT2D eigenvalue weighted by Crippen LogP contribution is -2.04. The lowest BCUT2D eigenvalue weighted by molar-refractivity contribution is -0.136. The quantitative estimate of drug-likeness (QED) is 0.727. The summed E-state index contributed by atoms with van der Waals surface area (Å²) >= 11 is 0. The van der Waals surface area contributed by atoms with Crippen LogP contribution in [0.2, 0.25) is 0 Å². The van der Waals surface area contributed by atoms with Gasteiger partial charge in [0.25, 0.3) is 0 Å². The predicted molar refractivity (Wildman–Crippen MR) is 61.0 cm³/mol. The number of anilines is 1. The molecule has 0 fully saturated rings. The van der Waals surface area contributed by atoms with Gasteiger partial charge in [0.1, 0.15) is 17.3 Å². The highest BCUT2D eigenvalue weighted by atomic mass is 16.4. The first-order chi connectivity index (χ1) is 8.08. The molecule has 0 aliphatic carbocycles. The van der Waals surface area contributed by atoms with Gasteiger partial charge in [0.05, 0.1) is 12.1 Å². The number of nitrogens with two attached hydrogens (primary N) is 1. The number of nitrogen functional groups attached to an aromatic ring is 1. The van der Waals surface area contributed by atoms with Gasteiger partial charge in [-0.3, -0.25) is 4.79 Å². The number of nitrogens with zero attached hydrogens (tertiary/aromatic N) is 2. The second kappa shape index (κ2) is 4.17. The Bertz CT molecular complexity index is 563. The third kappa shape index (κ3) is 2.20. The number of carboxylic acids is 1. The molecule has 0 saturated carbocycles. The zero-order valence-electron chi connectivity index (χ0n) is 8.87. The number of rotatable bonds is 3. The van der Waals surface area contributed by atoms with E-state index in [2.05, 4.69) is 5.10 Å². The molecule has 0 saturated heterocycles. The highest BCUT2D eigenvalue weighted by Crippen LogP contribution is 2.23. The van der Waals surface area contributed by atoms with Crippen molar-refractivity contribution in [2.45, 2.75) is 6.42 Å². The summed E-state index contributed by atoms with van der Waals surface area (Å²) in [6, 6.07) is 8.03. The molecule has 88 valence electrons. The molecule has 0 radical (unpaired) electrons. The Morgan fingerprint density at radius 3 is 2.76 bits per heavy atom. The van der Waals surface area contributed by atoms with Crippen LogP contribution in [-0.4, -0.2) is 26.0 Å². The summed E-state index contributed by atoms with van der Waals surface area (Å²) in [5.74, 6) is -0.668. The SMILES string of the molecule is Nc1cc(CC(=O)O)nn1-c1ccccc1O.